The maximum absolute atomic E-state index is 12.4. The Hall–Kier alpha value is -2.12. The quantitative estimate of drug-likeness (QED) is 0.313. The van der Waals surface area contributed by atoms with Crippen LogP contribution >= 0.6 is 0 Å². The molecule has 0 aromatic heterocycles. The molecule has 2 aliphatic heterocycles. The Balaban J connectivity index is 1.46. The van der Waals surface area contributed by atoms with Crippen LogP contribution in [0.15, 0.2) is 18.2 Å². The molecule has 3 unspecified atom stereocenters. The van der Waals surface area contributed by atoms with E-state index < -0.39 is 16.3 Å². The summed E-state index contributed by atoms with van der Waals surface area (Å²) in [5.41, 5.74) is 0.595. The average molecular weight is 429 g/mol. The molecule has 1 saturated heterocycles. The fraction of sp³-hybridized carbons (Fsp3) is 0.588. The van der Waals surface area contributed by atoms with Gasteiger partial charge in [0.25, 0.3) is 0 Å². The van der Waals surface area contributed by atoms with Gasteiger partial charge in [0.15, 0.2) is 11.5 Å². The number of anilines is 1. The molecule has 0 radical (unpaired) electrons. The van der Waals surface area contributed by atoms with Crippen LogP contribution in [0.1, 0.15) is 13.3 Å². The molecule has 1 fully saturated rings. The van der Waals surface area contributed by atoms with E-state index in [1.807, 2.05) is 6.92 Å². The van der Waals surface area contributed by atoms with Crippen molar-refractivity contribution in [3.8, 4) is 11.5 Å². The summed E-state index contributed by atoms with van der Waals surface area (Å²) in [6.07, 6.45) is 1.38. The second-order valence-electron chi connectivity index (χ2n) is 7.03. The van der Waals surface area contributed by atoms with Crippen LogP contribution in [-0.2, 0) is 10.0 Å². The van der Waals surface area contributed by atoms with Crippen molar-refractivity contribution in [1.82, 2.24) is 26.0 Å². The highest BCUT2D eigenvalue weighted by atomic mass is 32.2. The second kappa shape index (κ2) is 9.59. The van der Waals surface area contributed by atoms with Gasteiger partial charge in [0.1, 0.15) is 19.5 Å². The lowest BCUT2D eigenvalue weighted by molar-refractivity contribution is 0.171. The van der Waals surface area contributed by atoms with E-state index in [2.05, 4.69) is 31.3 Å². The normalized spacial score (nSPS) is 24.0. The number of hydrogen-bond donors (Lipinski definition) is 6. The standard InChI is InChI=1S/C17H28N6O5S/c1-11-9-15(18-5-6-19-29(2,25)26)22-16(20-11)23-17(24)21-12-3-4-13-14(10-12)28-8-7-27-13/h3-4,10-11,15-16,18-20,22H,5-9H2,1-2H3,(H2,21,23,24). The fourth-order valence-electron chi connectivity index (χ4n) is 3.15. The van der Waals surface area contributed by atoms with Gasteiger partial charge in [-0.25, -0.2) is 17.9 Å². The third kappa shape index (κ3) is 7.01. The van der Waals surface area contributed by atoms with Crippen molar-refractivity contribution in [3.05, 3.63) is 18.2 Å². The number of rotatable bonds is 7. The van der Waals surface area contributed by atoms with Crippen LogP contribution in [0, 0.1) is 0 Å². The van der Waals surface area contributed by atoms with E-state index in [-0.39, 0.29) is 18.2 Å². The molecule has 29 heavy (non-hydrogen) atoms. The monoisotopic (exact) mass is 428 g/mol. The molecule has 0 aliphatic carbocycles. The number of sulfonamides is 1. The van der Waals surface area contributed by atoms with Gasteiger partial charge in [-0.15, -0.1) is 0 Å². The molecule has 0 bridgehead atoms. The van der Waals surface area contributed by atoms with Crippen LogP contribution in [0.2, 0.25) is 0 Å². The summed E-state index contributed by atoms with van der Waals surface area (Å²) >= 11 is 0. The first kappa shape index (κ1) is 21.6. The van der Waals surface area contributed by atoms with Crippen molar-refractivity contribution in [3.63, 3.8) is 0 Å². The summed E-state index contributed by atoms with van der Waals surface area (Å²) in [5, 5.41) is 15.3. The second-order valence-corrected chi connectivity index (χ2v) is 8.87. The third-order valence-corrected chi connectivity index (χ3v) is 5.09. The minimum Gasteiger partial charge on any atom is -0.486 e. The molecule has 12 heteroatoms. The van der Waals surface area contributed by atoms with Crippen molar-refractivity contribution in [1.29, 1.82) is 0 Å². The summed E-state index contributed by atoms with van der Waals surface area (Å²) < 4.78 is 35.6. The lowest BCUT2D eigenvalue weighted by atomic mass is 10.1. The molecule has 3 rings (SSSR count). The number of carbonyl (C=O) groups excluding carboxylic acids is 1. The van der Waals surface area contributed by atoms with Crippen molar-refractivity contribution in [2.75, 3.05) is 37.9 Å². The number of nitrogens with one attached hydrogen (secondary N) is 6. The Morgan fingerprint density at radius 3 is 2.69 bits per heavy atom. The minimum atomic E-state index is -3.21. The Labute approximate surface area is 170 Å². The van der Waals surface area contributed by atoms with Crippen LogP contribution in [0.25, 0.3) is 0 Å². The van der Waals surface area contributed by atoms with E-state index in [4.69, 9.17) is 9.47 Å². The average Bonchev–Trinajstić information content (AvgIpc) is 2.64. The molecule has 2 amide bonds. The van der Waals surface area contributed by atoms with Crippen molar-refractivity contribution >= 4 is 21.7 Å². The largest absolute Gasteiger partial charge is 0.486 e. The zero-order valence-corrected chi connectivity index (χ0v) is 17.3. The summed E-state index contributed by atoms with van der Waals surface area (Å²) in [7, 11) is -3.21. The molecule has 2 heterocycles. The smallest absolute Gasteiger partial charge is 0.321 e. The van der Waals surface area contributed by atoms with Gasteiger partial charge < -0.3 is 25.4 Å². The maximum atomic E-state index is 12.4. The zero-order chi connectivity index (χ0) is 20.9. The Bertz CT molecular complexity index is 821. The lowest BCUT2D eigenvalue weighted by Crippen LogP contribution is -2.68. The van der Waals surface area contributed by atoms with Crippen LogP contribution in [0.4, 0.5) is 10.5 Å². The van der Waals surface area contributed by atoms with Crippen molar-refractivity contribution in [2.24, 2.45) is 0 Å². The Morgan fingerprint density at radius 2 is 1.93 bits per heavy atom. The lowest BCUT2D eigenvalue weighted by Gasteiger charge is -2.36. The molecule has 0 saturated carbocycles. The van der Waals surface area contributed by atoms with Gasteiger partial charge in [-0.2, -0.15) is 0 Å². The van der Waals surface area contributed by atoms with Gasteiger partial charge in [-0.1, -0.05) is 0 Å². The Morgan fingerprint density at radius 1 is 1.17 bits per heavy atom. The molecule has 3 atom stereocenters. The number of carbonyl (C=O) groups is 1. The van der Waals surface area contributed by atoms with E-state index >= 15 is 0 Å². The van der Waals surface area contributed by atoms with Gasteiger partial charge in [0.05, 0.1) is 12.4 Å². The Kier molecular flexibility index (Phi) is 7.14. The highest BCUT2D eigenvalue weighted by Crippen LogP contribution is 2.32. The van der Waals surface area contributed by atoms with Crippen molar-refractivity contribution in [2.45, 2.75) is 31.8 Å². The molecule has 2 aliphatic rings. The molecule has 6 N–H and O–H groups in total. The van der Waals surface area contributed by atoms with E-state index in [1.54, 1.807) is 18.2 Å². The molecule has 0 spiro atoms. The molecular weight excluding hydrogens is 400 g/mol. The van der Waals surface area contributed by atoms with Crippen LogP contribution < -0.4 is 40.8 Å². The summed E-state index contributed by atoms with van der Waals surface area (Å²) in [5.74, 6) is 1.26. The minimum absolute atomic E-state index is 0.0767. The van der Waals surface area contributed by atoms with Gasteiger partial charge in [0.2, 0.25) is 10.0 Å². The van der Waals surface area contributed by atoms with E-state index in [0.717, 1.165) is 12.7 Å². The van der Waals surface area contributed by atoms with Crippen LogP contribution in [0.5, 0.6) is 11.5 Å². The third-order valence-electron chi connectivity index (χ3n) is 4.36. The first-order valence-electron chi connectivity index (χ1n) is 9.46. The maximum Gasteiger partial charge on any atom is 0.321 e. The van der Waals surface area contributed by atoms with E-state index in [9.17, 15) is 13.2 Å². The number of amides is 2. The number of urea groups is 1. The first-order valence-corrected chi connectivity index (χ1v) is 11.3. The van der Waals surface area contributed by atoms with Crippen LogP contribution in [-0.4, -0.2) is 65.5 Å². The van der Waals surface area contributed by atoms with Gasteiger partial charge in [0, 0.05) is 30.9 Å². The number of benzene rings is 1. The molecule has 11 nitrogen and oxygen atoms in total. The zero-order valence-electron chi connectivity index (χ0n) is 16.4. The SMILES string of the molecule is CC1CC(NCCNS(C)(=O)=O)NC(NC(=O)Nc2ccc3c(c2)OCCO3)N1. The highest BCUT2D eigenvalue weighted by molar-refractivity contribution is 7.88. The first-order chi connectivity index (χ1) is 13.8. The van der Waals surface area contributed by atoms with Gasteiger partial charge >= 0.3 is 6.03 Å². The molecule has 162 valence electrons. The van der Waals surface area contributed by atoms with Crippen molar-refractivity contribution < 1.29 is 22.7 Å². The van der Waals surface area contributed by atoms with Crippen LogP contribution in [0.3, 0.4) is 0 Å². The summed E-state index contributed by atoms with van der Waals surface area (Å²) in [6, 6.07) is 5.00. The van der Waals surface area contributed by atoms with E-state index in [0.29, 0.717) is 43.5 Å². The molecule has 1 aromatic rings. The molecular formula is C17H28N6O5S. The predicted octanol–water partition coefficient (Wildman–Crippen LogP) is -0.701. The number of hydrogen-bond acceptors (Lipinski definition) is 8. The highest BCUT2D eigenvalue weighted by Gasteiger charge is 2.25. The van der Waals surface area contributed by atoms with Gasteiger partial charge in [-0.05, 0) is 25.5 Å². The number of fused-ring (bicyclic) bond motifs is 1. The van der Waals surface area contributed by atoms with E-state index in [1.165, 1.54) is 0 Å². The fourth-order valence-corrected chi connectivity index (χ4v) is 3.62. The summed E-state index contributed by atoms with van der Waals surface area (Å²) in [6.45, 7) is 3.76. The summed E-state index contributed by atoms with van der Waals surface area (Å²) in [4.78, 5) is 12.4. The predicted molar refractivity (Wildman–Crippen MR) is 108 cm³/mol. The molecule has 1 aromatic carbocycles. The number of ether oxygens (including phenoxy) is 2. The topological polar surface area (TPSA) is 142 Å². The van der Waals surface area contributed by atoms with Gasteiger partial charge in [-0.3, -0.25) is 10.6 Å².